The van der Waals surface area contributed by atoms with Crippen LogP contribution in [0.25, 0.3) is 0 Å². The van der Waals surface area contributed by atoms with Crippen LogP contribution in [0.3, 0.4) is 0 Å². The topological polar surface area (TPSA) is 12.4 Å². The molecule has 1 heterocycles. The lowest BCUT2D eigenvalue weighted by atomic mass is 10.2. The fraction of sp³-hybridized carbons (Fsp3) is 0. The van der Waals surface area contributed by atoms with Crippen molar-refractivity contribution in [2.45, 2.75) is 0 Å². The molecule has 0 radical (unpaired) electrons. The van der Waals surface area contributed by atoms with Gasteiger partial charge in [0, 0.05) is 11.8 Å². The van der Waals surface area contributed by atoms with E-state index >= 15 is 0 Å². The number of thiophene rings is 1. The van der Waals surface area contributed by atoms with E-state index in [0.29, 0.717) is 5.56 Å². The molecule has 1 aromatic heterocycles. The van der Waals surface area contributed by atoms with Gasteiger partial charge in [-0.2, -0.15) is 11.3 Å². The summed E-state index contributed by atoms with van der Waals surface area (Å²) in [6.45, 7) is 0. The average molecular weight is 277 g/mol. The number of aliphatic imine (C=N–C) groups is 1. The van der Waals surface area contributed by atoms with Gasteiger partial charge in [-0.3, -0.25) is 0 Å². The summed E-state index contributed by atoms with van der Waals surface area (Å²) in [6, 6.07) is 1.58. The largest absolute Gasteiger partial charge is 0.250 e. The van der Waals surface area contributed by atoms with Crippen molar-refractivity contribution in [1.29, 1.82) is 0 Å². The highest BCUT2D eigenvalue weighted by molar-refractivity contribution is 7.08. The minimum Gasteiger partial charge on any atom is -0.250 e. The van der Waals surface area contributed by atoms with Crippen LogP contribution in [0.4, 0.5) is 27.6 Å². The van der Waals surface area contributed by atoms with Crippen LogP contribution in [0.1, 0.15) is 5.56 Å². The maximum Gasteiger partial charge on any atom is 0.200 e. The number of nitrogens with zero attached hydrogens (tertiary/aromatic N) is 1. The first-order valence-electron chi connectivity index (χ1n) is 4.60. The van der Waals surface area contributed by atoms with Crippen LogP contribution in [0, 0.1) is 29.1 Å². The molecule has 94 valence electrons. The zero-order valence-corrected chi connectivity index (χ0v) is 9.37. The normalized spacial score (nSPS) is 11.4. The van der Waals surface area contributed by atoms with Crippen molar-refractivity contribution in [3.63, 3.8) is 0 Å². The monoisotopic (exact) mass is 277 g/mol. The van der Waals surface area contributed by atoms with E-state index in [2.05, 4.69) is 4.99 Å². The van der Waals surface area contributed by atoms with Crippen LogP contribution >= 0.6 is 11.3 Å². The lowest BCUT2D eigenvalue weighted by Gasteiger charge is -2.03. The molecule has 0 unspecified atom stereocenters. The Morgan fingerprint density at radius 2 is 1.44 bits per heavy atom. The molecule has 1 nitrogen and oxygen atoms in total. The molecule has 18 heavy (non-hydrogen) atoms. The van der Waals surface area contributed by atoms with E-state index in [1.165, 1.54) is 11.3 Å². The molecule has 0 amide bonds. The van der Waals surface area contributed by atoms with Gasteiger partial charge < -0.3 is 0 Å². The molecule has 0 spiro atoms. The van der Waals surface area contributed by atoms with Gasteiger partial charge in [-0.05, 0) is 16.8 Å². The second kappa shape index (κ2) is 4.85. The molecular weight excluding hydrogens is 273 g/mol. The molecule has 0 aliphatic heterocycles. The number of benzene rings is 1. The molecular formula is C11H4F5NS. The Kier molecular flexibility index (Phi) is 3.42. The van der Waals surface area contributed by atoms with E-state index in [9.17, 15) is 22.0 Å². The standard InChI is InChI=1S/C11H4F5NS/c12-6-7(13)9(15)11(10(16)8(6)14)17-3-5-1-2-18-4-5/h1-4H. The maximum absolute atomic E-state index is 13.2. The molecule has 2 aromatic rings. The quantitative estimate of drug-likeness (QED) is 0.338. The molecule has 0 aliphatic rings. The van der Waals surface area contributed by atoms with E-state index in [4.69, 9.17) is 0 Å². The minimum atomic E-state index is -2.19. The van der Waals surface area contributed by atoms with Gasteiger partial charge in [-0.1, -0.05) is 0 Å². The number of hydrogen-bond acceptors (Lipinski definition) is 2. The van der Waals surface area contributed by atoms with E-state index in [1.54, 1.807) is 16.8 Å². The molecule has 0 bridgehead atoms. The summed E-state index contributed by atoms with van der Waals surface area (Å²) in [5.74, 6) is -10.1. The van der Waals surface area contributed by atoms with Gasteiger partial charge in [0.15, 0.2) is 23.3 Å². The van der Waals surface area contributed by atoms with Gasteiger partial charge in [-0.25, -0.2) is 26.9 Å². The van der Waals surface area contributed by atoms with Crippen LogP contribution in [0.2, 0.25) is 0 Å². The first-order chi connectivity index (χ1) is 8.52. The molecule has 0 saturated carbocycles. The molecule has 0 N–H and O–H groups in total. The third kappa shape index (κ3) is 2.13. The van der Waals surface area contributed by atoms with E-state index < -0.39 is 34.8 Å². The van der Waals surface area contributed by atoms with Gasteiger partial charge in [0.2, 0.25) is 5.82 Å². The van der Waals surface area contributed by atoms with Crippen molar-refractivity contribution < 1.29 is 22.0 Å². The number of hydrogen-bond donors (Lipinski definition) is 0. The smallest absolute Gasteiger partial charge is 0.200 e. The molecule has 0 atom stereocenters. The van der Waals surface area contributed by atoms with Crippen molar-refractivity contribution in [3.8, 4) is 0 Å². The number of halogens is 5. The summed E-state index contributed by atoms with van der Waals surface area (Å²) in [7, 11) is 0. The van der Waals surface area contributed by atoms with E-state index in [-0.39, 0.29) is 0 Å². The van der Waals surface area contributed by atoms with Crippen molar-refractivity contribution in [3.05, 3.63) is 51.5 Å². The van der Waals surface area contributed by atoms with E-state index in [1.807, 2.05) is 0 Å². The average Bonchev–Trinajstić information content (AvgIpc) is 2.87. The summed E-state index contributed by atoms with van der Waals surface area (Å²) < 4.78 is 64.8. The van der Waals surface area contributed by atoms with Gasteiger partial charge in [-0.15, -0.1) is 0 Å². The van der Waals surface area contributed by atoms with Gasteiger partial charge in [0.25, 0.3) is 0 Å². The minimum absolute atomic E-state index is 0.504. The summed E-state index contributed by atoms with van der Waals surface area (Å²) >= 11 is 1.30. The van der Waals surface area contributed by atoms with Crippen LogP contribution in [-0.2, 0) is 0 Å². The number of rotatable bonds is 2. The summed E-state index contributed by atoms with van der Waals surface area (Å²) in [5.41, 5.74) is -0.693. The molecule has 0 aliphatic carbocycles. The first kappa shape index (κ1) is 12.7. The Hall–Kier alpha value is -1.76. The van der Waals surface area contributed by atoms with Crippen LogP contribution < -0.4 is 0 Å². The van der Waals surface area contributed by atoms with Gasteiger partial charge >= 0.3 is 0 Å². The summed E-state index contributed by atoms with van der Waals surface area (Å²) in [4.78, 5) is 3.30. The zero-order chi connectivity index (χ0) is 13.3. The summed E-state index contributed by atoms with van der Waals surface area (Å²) in [6.07, 6.45) is 1.02. The Balaban J connectivity index is 2.52. The zero-order valence-electron chi connectivity index (χ0n) is 8.55. The lowest BCUT2D eigenvalue weighted by molar-refractivity contribution is 0.381. The molecule has 0 fully saturated rings. The lowest BCUT2D eigenvalue weighted by Crippen LogP contribution is -2.00. The Morgan fingerprint density at radius 1 is 0.889 bits per heavy atom. The SMILES string of the molecule is Fc1c(F)c(F)c(N=Cc2ccsc2)c(F)c1F. The maximum atomic E-state index is 13.2. The highest BCUT2D eigenvalue weighted by Gasteiger charge is 2.25. The summed E-state index contributed by atoms with van der Waals surface area (Å²) in [5, 5.41) is 3.29. The van der Waals surface area contributed by atoms with Crippen molar-refractivity contribution >= 4 is 23.2 Å². The molecule has 7 heteroatoms. The first-order valence-corrected chi connectivity index (χ1v) is 5.54. The third-order valence-corrected chi connectivity index (χ3v) is 2.77. The van der Waals surface area contributed by atoms with Crippen LogP contribution in [-0.4, -0.2) is 6.21 Å². The van der Waals surface area contributed by atoms with Crippen molar-refractivity contribution in [1.82, 2.24) is 0 Å². The fourth-order valence-electron chi connectivity index (χ4n) is 1.19. The van der Waals surface area contributed by atoms with Crippen molar-refractivity contribution in [2.75, 3.05) is 0 Å². The second-order valence-electron chi connectivity index (χ2n) is 3.23. The second-order valence-corrected chi connectivity index (χ2v) is 4.01. The Labute approximate surface area is 102 Å². The van der Waals surface area contributed by atoms with Gasteiger partial charge in [0.05, 0.1) is 0 Å². The van der Waals surface area contributed by atoms with Crippen LogP contribution in [0.5, 0.6) is 0 Å². The predicted molar refractivity (Wildman–Crippen MR) is 57.8 cm³/mol. The highest BCUT2D eigenvalue weighted by atomic mass is 32.1. The molecule has 1 aromatic carbocycles. The van der Waals surface area contributed by atoms with Gasteiger partial charge in [0.1, 0.15) is 5.69 Å². The molecule has 2 rings (SSSR count). The van der Waals surface area contributed by atoms with E-state index in [0.717, 1.165) is 6.21 Å². The Morgan fingerprint density at radius 3 is 1.94 bits per heavy atom. The molecule has 0 saturated heterocycles. The predicted octanol–water partition coefficient (Wildman–Crippen LogP) is 4.19. The fourth-order valence-corrected chi connectivity index (χ4v) is 1.81. The highest BCUT2D eigenvalue weighted by Crippen LogP contribution is 2.29. The van der Waals surface area contributed by atoms with Crippen LogP contribution in [0.15, 0.2) is 21.8 Å². The van der Waals surface area contributed by atoms with Crippen molar-refractivity contribution in [2.24, 2.45) is 4.99 Å². The third-order valence-electron chi connectivity index (χ3n) is 2.07. The Bertz CT molecular complexity index is 577.